The summed E-state index contributed by atoms with van der Waals surface area (Å²) in [5, 5.41) is 0. The first-order valence-electron chi connectivity index (χ1n) is 10.3. The van der Waals surface area contributed by atoms with E-state index in [2.05, 4.69) is 6.92 Å². The van der Waals surface area contributed by atoms with Gasteiger partial charge in [-0.2, -0.15) is 0 Å². The van der Waals surface area contributed by atoms with Gasteiger partial charge in [0.15, 0.2) is 0 Å². The van der Waals surface area contributed by atoms with Gasteiger partial charge in [-0.3, -0.25) is 0 Å². The van der Waals surface area contributed by atoms with Crippen molar-refractivity contribution in [2.75, 3.05) is 13.1 Å². The predicted octanol–water partition coefficient (Wildman–Crippen LogP) is 5.32. The number of amides is 1. The number of aryl methyl sites for hydroxylation is 1. The molecule has 0 atom stereocenters. The molecule has 0 spiro atoms. The molecule has 0 unspecified atom stereocenters. The summed E-state index contributed by atoms with van der Waals surface area (Å²) in [4.78, 5) is 26.8. The maximum Gasteiger partial charge on any atom is 0.413 e. The highest BCUT2D eigenvalue weighted by Gasteiger charge is 2.41. The molecule has 0 heterocycles. The van der Waals surface area contributed by atoms with Crippen LogP contribution in [0.2, 0.25) is 0 Å². The average molecular weight is 376 g/mol. The lowest BCUT2D eigenvalue weighted by atomic mass is 9.94. The summed E-state index contributed by atoms with van der Waals surface area (Å²) < 4.78 is 11.5. The molecular formula is C22H33NO4. The van der Waals surface area contributed by atoms with Crippen LogP contribution >= 0.6 is 0 Å². The molecule has 0 saturated heterocycles. The Kier molecular flexibility index (Phi) is 8.14. The molecule has 0 aromatic heterocycles. The standard InChI is InChI=1S/C22H33NO4/c1-4-7-11-18-12-14-19(15-13-18)20(24)26-22(16-9-8-10-17-22)27-21(25)23(5-2)6-3/h12-15H,4-11,16-17H2,1-3H3. The van der Waals surface area contributed by atoms with Crippen LogP contribution < -0.4 is 0 Å². The van der Waals surface area contributed by atoms with Crippen molar-refractivity contribution in [2.24, 2.45) is 0 Å². The Bertz CT molecular complexity index is 601. The fraction of sp³-hybridized carbons (Fsp3) is 0.636. The molecule has 0 radical (unpaired) electrons. The van der Waals surface area contributed by atoms with Gasteiger partial charge in [-0.25, -0.2) is 9.59 Å². The van der Waals surface area contributed by atoms with Gasteiger partial charge in [0.25, 0.3) is 5.79 Å². The van der Waals surface area contributed by atoms with Crippen LogP contribution in [-0.4, -0.2) is 35.8 Å². The average Bonchev–Trinajstić information content (AvgIpc) is 2.68. The summed E-state index contributed by atoms with van der Waals surface area (Å²) in [7, 11) is 0. The zero-order valence-corrected chi connectivity index (χ0v) is 17.0. The highest BCUT2D eigenvalue weighted by Crippen LogP contribution is 2.34. The molecule has 5 nitrogen and oxygen atoms in total. The Morgan fingerprint density at radius 2 is 1.59 bits per heavy atom. The molecule has 5 heteroatoms. The topological polar surface area (TPSA) is 55.8 Å². The minimum Gasteiger partial charge on any atom is -0.419 e. The first-order chi connectivity index (χ1) is 13.0. The summed E-state index contributed by atoms with van der Waals surface area (Å²) in [6, 6.07) is 7.55. The van der Waals surface area contributed by atoms with Gasteiger partial charge in [0, 0.05) is 25.9 Å². The van der Waals surface area contributed by atoms with Gasteiger partial charge in [-0.15, -0.1) is 0 Å². The summed E-state index contributed by atoms with van der Waals surface area (Å²) in [6.45, 7) is 7.11. The second-order valence-electron chi connectivity index (χ2n) is 7.20. The van der Waals surface area contributed by atoms with E-state index < -0.39 is 17.8 Å². The molecule has 1 aromatic carbocycles. The Labute approximate surface area is 163 Å². The molecule has 0 aliphatic heterocycles. The number of carbonyl (C=O) groups is 2. The van der Waals surface area contributed by atoms with Crippen molar-refractivity contribution in [1.82, 2.24) is 4.90 Å². The fourth-order valence-electron chi connectivity index (χ4n) is 3.44. The van der Waals surface area contributed by atoms with Crippen LogP contribution in [0, 0.1) is 0 Å². The van der Waals surface area contributed by atoms with Gasteiger partial charge in [0.2, 0.25) is 0 Å². The van der Waals surface area contributed by atoms with Crippen molar-refractivity contribution < 1.29 is 19.1 Å². The van der Waals surface area contributed by atoms with E-state index in [1.54, 1.807) is 17.0 Å². The number of hydrogen-bond donors (Lipinski definition) is 0. The maximum absolute atomic E-state index is 12.7. The van der Waals surface area contributed by atoms with Crippen molar-refractivity contribution in [3.63, 3.8) is 0 Å². The van der Waals surface area contributed by atoms with E-state index in [-0.39, 0.29) is 0 Å². The third kappa shape index (κ3) is 5.98. The quantitative estimate of drug-likeness (QED) is 0.455. The molecule has 27 heavy (non-hydrogen) atoms. The maximum atomic E-state index is 12.7. The summed E-state index contributed by atoms with van der Waals surface area (Å²) in [5.41, 5.74) is 1.72. The number of nitrogens with zero attached hydrogens (tertiary/aromatic N) is 1. The minimum absolute atomic E-state index is 0.412. The smallest absolute Gasteiger partial charge is 0.413 e. The molecule has 0 N–H and O–H groups in total. The molecule has 1 aliphatic rings. The molecule has 1 fully saturated rings. The predicted molar refractivity (Wildman–Crippen MR) is 106 cm³/mol. The van der Waals surface area contributed by atoms with E-state index in [0.29, 0.717) is 31.5 Å². The van der Waals surface area contributed by atoms with Crippen molar-refractivity contribution in [3.05, 3.63) is 35.4 Å². The third-order valence-corrected chi connectivity index (χ3v) is 5.20. The highest BCUT2D eigenvalue weighted by atomic mass is 16.7. The second kappa shape index (κ2) is 10.3. The lowest BCUT2D eigenvalue weighted by Crippen LogP contribution is -2.45. The van der Waals surface area contributed by atoms with Crippen LogP contribution in [0.1, 0.15) is 81.6 Å². The summed E-state index contributed by atoms with van der Waals surface area (Å²) in [6.07, 6.45) is 6.82. The lowest BCUT2D eigenvalue weighted by molar-refractivity contribution is -0.188. The number of hydrogen-bond acceptors (Lipinski definition) is 4. The molecule has 1 aliphatic carbocycles. The number of ether oxygens (including phenoxy) is 2. The zero-order chi connectivity index (χ0) is 19.7. The van der Waals surface area contributed by atoms with Crippen LogP contribution in [0.5, 0.6) is 0 Å². The lowest BCUT2D eigenvalue weighted by Gasteiger charge is -2.37. The first-order valence-corrected chi connectivity index (χ1v) is 10.3. The van der Waals surface area contributed by atoms with Crippen molar-refractivity contribution in [1.29, 1.82) is 0 Å². The van der Waals surface area contributed by atoms with Crippen molar-refractivity contribution in [2.45, 2.75) is 77.9 Å². The molecule has 2 rings (SSSR count). The molecule has 1 saturated carbocycles. The second-order valence-corrected chi connectivity index (χ2v) is 7.20. The Balaban J connectivity index is 2.08. The van der Waals surface area contributed by atoms with Gasteiger partial charge in [0.1, 0.15) is 0 Å². The number of unbranched alkanes of at least 4 members (excludes halogenated alkanes) is 1. The third-order valence-electron chi connectivity index (χ3n) is 5.20. The van der Waals surface area contributed by atoms with Gasteiger partial charge in [-0.05, 0) is 57.2 Å². The van der Waals surface area contributed by atoms with Gasteiger partial charge >= 0.3 is 12.1 Å². The van der Waals surface area contributed by atoms with E-state index in [9.17, 15) is 9.59 Å². The Morgan fingerprint density at radius 1 is 0.963 bits per heavy atom. The molecule has 0 bridgehead atoms. The van der Waals surface area contributed by atoms with E-state index in [4.69, 9.17) is 9.47 Å². The van der Waals surface area contributed by atoms with Crippen LogP contribution in [-0.2, 0) is 15.9 Å². The highest BCUT2D eigenvalue weighted by molar-refractivity contribution is 5.89. The number of benzene rings is 1. The van der Waals surface area contributed by atoms with Gasteiger partial charge in [0.05, 0.1) is 5.56 Å². The SMILES string of the molecule is CCCCc1ccc(C(=O)OC2(OC(=O)N(CC)CC)CCCCC2)cc1. The first kappa shape index (κ1) is 21.3. The monoisotopic (exact) mass is 375 g/mol. The molecule has 1 amide bonds. The Morgan fingerprint density at radius 3 is 2.15 bits per heavy atom. The summed E-state index contributed by atoms with van der Waals surface area (Å²) in [5.74, 6) is -1.57. The van der Waals surface area contributed by atoms with Crippen molar-refractivity contribution >= 4 is 12.1 Å². The van der Waals surface area contributed by atoms with E-state index in [1.807, 2.05) is 26.0 Å². The molecule has 1 aromatic rings. The largest absolute Gasteiger partial charge is 0.419 e. The number of rotatable bonds is 8. The van der Waals surface area contributed by atoms with E-state index in [1.165, 1.54) is 5.56 Å². The van der Waals surface area contributed by atoms with Crippen LogP contribution in [0.3, 0.4) is 0 Å². The van der Waals surface area contributed by atoms with Crippen molar-refractivity contribution in [3.8, 4) is 0 Å². The fourth-order valence-corrected chi connectivity index (χ4v) is 3.44. The van der Waals surface area contributed by atoms with Crippen LogP contribution in [0.4, 0.5) is 4.79 Å². The number of esters is 1. The molecule has 150 valence electrons. The Hall–Kier alpha value is -2.04. The number of carbonyl (C=O) groups excluding carboxylic acids is 2. The van der Waals surface area contributed by atoms with Gasteiger partial charge in [-0.1, -0.05) is 31.9 Å². The van der Waals surface area contributed by atoms with E-state index >= 15 is 0 Å². The zero-order valence-electron chi connectivity index (χ0n) is 17.0. The minimum atomic E-state index is -1.14. The van der Waals surface area contributed by atoms with Gasteiger partial charge < -0.3 is 14.4 Å². The summed E-state index contributed by atoms with van der Waals surface area (Å²) >= 11 is 0. The molecular weight excluding hydrogens is 342 g/mol. The normalized spacial score (nSPS) is 15.8. The van der Waals surface area contributed by atoms with E-state index in [0.717, 1.165) is 38.5 Å². The van der Waals surface area contributed by atoms with Crippen LogP contribution in [0.25, 0.3) is 0 Å². The van der Waals surface area contributed by atoms with Crippen LogP contribution in [0.15, 0.2) is 24.3 Å².